The number of benzene rings is 3. The molecule has 0 aliphatic heterocycles. The van der Waals surface area contributed by atoms with E-state index < -0.39 is 0 Å². The predicted octanol–water partition coefficient (Wildman–Crippen LogP) is 4.67. The molecule has 3 aromatic rings. The number of para-hydroxylation sites is 1. The van der Waals surface area contributed by atoms with Gasteiger partial charge in [0.05, 0.1) is 0 Å². The lowest BCUT2D eigenvalue weighted by molar-refractivity contribution is 0.102. The summed E-state index contributed by atoms with van der Waals surface area (Å²) in [4.78, 5) is 12.5. The van der Waals surface area contributed by atoms with Crippen LogP contribution in [0.1, 0.15) is 28.4 Å². The van der Waals surface area contributed by atoms with Gasteiger partial charge in [0.1, 0.15) is 5.75 Å². The van der Waals surface area contributed by atoms with Gasteiger partial charge in [-0.2, -0.15) is 0 Å². The first-order chi connectivity index (χ1) is 11.1. The summed E-state index contributed by atoms with van der Waals surface area (Å²) in [6.07, 6.45) is 0.868. The van der Waals surface area contributed by atoms with Crippen LogP contribution in [-0.4, -0.2) is 11.0 Å². The van der Waals surface area contributed by atoms with E-state index in [2.05, 4.69) is 12.2 Å². The number of hydrogen-bond donors (Lipinski definition) is 2. The van der Waals surface area contributed by atoms with Crippen molar-refractivity contribution in [3.63, 3.8) is 0 Å². The summed E-state index contributed by atoms with van der Waals surface area (Å²) in [6.45, 7) is 3.94. The molecule has 3 heteroatoms. The topological polar surface area (TPSA) is 49.3 Å². The third-order valence-corrected chi connectivity index (χ3v) is 4.17. The Labute approximate surface area is 135 Å². The number of fused-ring (bicyclic) bond motifs is 1. The number of hydrogen-bond acceptors (Lipinski definition) is 2. The highest BCUT2D eigenvalue weighted by atomic mass is 16.3. The smallest absolute Gasteiger partial charge is 0.255 e. The molecule has 0 fully saturated rings. The summed E-state index contributed by atoms with van der Waals surface area (Å²) in [5.74, 6) is 0.144. The van der Waals surface area contributed by atoms with Gasteiger partial charge in [-0.15, -0.1) is 0 Å². The molecule has 0 saturated heterocycles. The van der Waals surface area contributed by atoms with Crippen LogP contribution in [0.4, 0.5) is 5.69 Å². The minimum absolute atomic E-state index is 0.126. The Kier molecular flexibility index (Phi) is 4.02. The zero-order valence-electron chi connectivity index (χ0n) is 13.3. The van der Waals surface area contributed by atoms with Crippen molar-refractivity contribution in [1.29, 1.82) is 0 Å². The van der Waals surface area contributed by atoms with Crippen molar-refractivity contribution in [2.24, 2.45) is 0 Å². The molecule has 3 nitrogen and oxygen atoms in total. The fourth-order valence-electron chi connectivity index (χ4n) is 2.76. The molecule has 0 aliphatic rings. The number of phenols is 1. The number of aromatic hydroxyl groups is 1. The summed E-state index contributed by atoms with van der Waals surface area (Å²) < 4.78 is 0. The van der Waals surface area contributed by atoms with Crippen LogP contribution < -0.4 is 5.32 Å². The maximum absolute atomic E-state index is 12.5. The molecular weight excluding hydrogens is 286 g/mol. The molecule has 0 aromatic heterocycles. The van der Waals surface area contributed by atoms with Crippen LogP contribution in [0.3, 0.4) is 0 Å². The van der Waals surface area contributed by atoms with Crippen LogP contribution in [0.5, 0.6) is 5.75 Å². The lowest BCUT2D eigenvalue weighted by Crippen LogP contribution is -2.13. The minimum atomic E-state index is -0.126. The number of anilines is 1. The van der Waals surface area contributed by atoms with Gasteiger partial charge in [-0.3, -0.25) is 4.79 Å². The fourth-order valence-corrected chi connectivity index (χ4v) is 2.76. The van der Waals surface area contributed by atoms with E-state index >= 15 is 0 Å². The highest BCUT2D eigenvalue weighted by molar-refractivity contribution is 6.07. The van der Waals surface area contributed by atoms with E-state index in [4.69, 9.17) is 0 Å². The second-order valence-corrected chi connectivity index (χ2v) is 5.61. The van der Waals surface area contributed by atoms with Gasteiger partial charge in [0.15, 0.2) is 0 Å². The lowest BCUT2D eigenvalue weighted by Gasteiger charge is -2.11. The molecule has 0 radical (unpaired) electrons. The van der Waals surface area contributed by atoms with Gasteiger partial charge in [0.25, 0.3) is 5.91 Å². The second kappa shape index (κ2) is 6.13. The molecule has 0 spiro atoms. The van der Waals surface area contributed by atoms with Crippen molar-refractivity contribution in [3.05, 3.63) is 71.3 Å². The van der Waals surface area contributed by atoms with E-state index in [1.165, 1.54) is 0 Å². The Balaban J connectivity index is 1.94. The van der Waals surface area contributed by atoms with Gasteiger partial charge in [-0.25, -0.2) is 0 Å². The molecule has 0 atom stereocenters. The van der Waals surface area contributed by atoms with Crippen LogP contribution in [0.25, 0.3) is 10.8 Å². The van der Waals surface area contributed by atoms with Gasteiger partial charge in [-0.05, 0) is 59.5 Å². The molecular formula is C20H19NO2. The Hall–Kier alpha value is -2.81. The SMILES string of the molecule is CCc1ccccc1NC(=O)c1ccc2c(C)c(O)ccc2c1. The highest BCUT2D eigenvalue weighted by Crippen LogP contribution is 2.27. The van der Waals surface area contributed by atoms with Crippen LogP contribution in [0, 0.1) is 6.92 Å². The first-order valence-electron chi connectivity index (χ1n) is 7.71. The van der Waals surface area contributed by atoms with Crippen molar-refractivity contribution in [3.8, 4) is 5.75 Å². The monoisotopic (exact) mass is 305 g/mol. The van der Waals surface area contributed by atoms with Crippen LogP contribution in [0.15, 0.2) is 54.6 Å². The molecule has 1 amide bonds. The summed E-state index contributed by atoms with van der Waals surface area (Å²) in [5, 5.41) is 14.6. The number of amides is 1. The molecule has 3 rings (SSSR count). The van der Waals surface area contributed by atoms with Crippen molar-refractivity contribution in [2.45, 2.75) is 20.3 Å². The second-order valence-electron chi connectivity index (χ2n) is 5.61. The molecule has 23 heavy (non-hydrogen) atoms. The molecule has 0 saturated carbocycles. The summed E-state index contributed by atoms with van der Waals surface area (Å²) >= 11 is 0. The van der Waals surface area contributed by atoms with Gasteiger partial charge in [-0.1, -0.05) is 37.3 Å². The molecule has 0 bridgehead atoms. The van der Waals surface area contributed by atoms with E-state index in [-0.39, 0.29) is 11.7 Å². The van der Waals surface area contributed by atoms with Crippen molar-refractivity contribution < 1.29 is 9.90 Å². The molecule has 0 aliphatic carbocycles. The van der Waals surface area contributed by atoms with Gasteiger partial charge >= 0.3 is 0 Å². The standard InChI is InChI=1S/C20H19NO2/c1-3-14-6-4-5-7-18(14)21-20(23)16-8-10-17-13(2)19(22)11-9-15(17)12-16/h4-12,22H,3H2,1-2H3,(H,21,23). The van der Waals surface area contributed by atoms with Gasteiger partial charge in [0.2, 0.25) is 0 Å². The largest absolute Gasteiger partial charge is 0.508 e. The van der Waals surface area contributed by atoms with Crippen molar-refractivity contribution in [2.75, 3.05) is 5.32 Å². The van der Waals surface area contributed by atoms with Crippen LogP contribution in [0.2, 0.25) is 0 Å². The summed E-state index contributed by atoms with van der Waals surface area (Å²) in [5.41, 5.74) is 3.39. The molecule has 0 heterocycles. The predicted molar refractivity (Wildman–Crippen MR) is 94.1 cm³/mol. The third-order valence-electron chi connectivity index (χ3n) is 4.17. The highest BCUT2D eigenvalue weighted by Gasteiger charge is 2.10. The molecule has 116 valence electrons. The lowest BCUT2D eigenvalue weighted by atomic mass is 10.0. The van der Waals surface area contributed by atoms with Gasteiger partial charge in [0, 0.05) is 11.3 Å². The molecule has 3 aromatic carbocycles. The number of carbonyl (C=O) groups excluding carboxylic acids is 1. The summed E-state index contributed by atoms with van der Waals surface area (Å²) in [7, 11) is 0. The van der Waals surface area contributed by atoms with Gasteiger partial charge < -0.3 is 10.4 Å². The number of rotatable bonds is 3. The maximum atomic E-state index is 12.5. The Bertz CT molecular complexity index is 884. The molecule has 2 N–H and O–H groups in total. The Morgan fingerprint density at radius 3 is 2.65 bits per heavy atom. The molecule has 0 unspecified atom stereocenters. The van der Waals surface area contributed by atoms with Crippen molar-refractivity contribution >= 4 is 22.4 Å². The van der Waals surface area contributed by atoms with E-state index in [1.807, 2.05) is 49.4 Å². The fraction of sp³-hybridized carbons (Fsp3) is 0.150. The third kappa shape index (κ3) is 2.90. The first-order valence-corrected chi connectivity index (χ1v) is 7.71. The van der Waals surface area contributed by atoms with Crippen LogP contribution in [-0.2, 0) is 6.42 Å². The van der Waals surface area contributed by atoms with E-state index in [1.54, 1.807) is 12.1 Å². The zero-order valence-corrected chi connectivity index (χ0v) is 13.3. The number of aryl methyl sites for hydroxylation is 2. The zero-order chi connectivity index (χ0) is 16.4. The number of carbonyl (C=O) groups is 1. The van der Waals surface area contributed by atoms with E-state index in [0.717, 1.165) is 34.0 Å². The Morgan fingerprint density at radius 2 is 1.87 bits per heavy atom. The average molecular weight is 305 g/mol. The van der Waals surface area contributed by atoms with Crippen molar-refractivity contribution in [1.82, 2.24) is 0 Å². The average Bonchev–Trinajstić information content (AvgIpc) is 2.58. The number of phenolic OH excluding ortho intramolecular Hbond substituents is 1. The van der Waals surface area contributed by atoms with E-state index in [0.29, 0.717) is 5.56 Å². The first kappa shape index (κ1) is 15.1. The number of nitrogens with one attached hydrogen (secondary N) is 1. The quantitative estimate of drug-likeness (QED) is 0.739. The Morgan fingerprint density at radius 1 is 1.09 bits per heavy atom. The minimum Gasteiger partial charge on any atom is -0.508 e. The van der Waals surface area contributed by atoms with Crippen LogP contribution >= 0.6 is 0 Å². The van der Waals surface area contributed by atoms with E-state index in [9.17, 15) is 9.90 Å². The summed E-state index contributed by atoms with van der Waals surface area (Å²) in [6, 6.07) is 16.8. The maximum Gasteiger partial charge on any atom is 0.255 e. The normalized spacial score (nSPS) is 10.7.